The summed E-state index contributed by atoms with van der Waals surface area (Å²) >= 11 is 0. The summed E-state index contributed by atoms with van der Waals surface area (Å²) in [5.74, 6) is -0.0493. The van der Waals surface area contributed by atoms with Gasteiger partial charge in [-0.3, -0.25) is 14.5 Å². The molecule has 1 N–H and O–H groups in total. The molecule has 2 rings (SSSR count). The molecule has 0 aromatic heterocycles. The number of methoxy groups -OCH3 is 1. The fraction of sp³-hybridized carbons (Fsp3) is 0.857. The van der Waals surface area contributed by atoms with Crippen LogP contribution < -0.4 is 5.32 Å². The lowest BCUT2D eigenvalue weighted by Gasteiger charge is -2.14. The predicted octanol–water partition coefficient (Wildman–Crippen LogP) is 0.309. The number of carbonyl (C=O) groups excluding carboxylic acids is 2. The fourth-order valence-electron chi connectivity index (χ4n) is 2.38. The Bertz CT molecular complexity index is 344. The first-order valence-corrected chi connectivity index (χ1v) is 7.40. The second-order valence-electron chi connectivity index (χ2n) is 5.36. The van der Waals surface area contributed by atoms with Crippen LogP contribution in [0, 0.1) is 0 Å². The lowest BCUT2D eigenvalue weighted by molar-refractivity contribution is -0.139. The minimum absolute atomic E-state index is 0.0158. The number of nitrogens with one attached hydrogen (secondary N) is 1. The Labute approximate surface area is 119 Å². The summed E-state index contributed by atoms with van der Waals surface area (Å²) in [7, 11) is 1.65. The van der Waals surface area contributed by atoms with Crippen LogP contribution in [0.5, 0.6) is 0 Å². The van der Waals surface area contributed by atoms with E-state index in [-0.39, 0.29) is 23.9 Å². The van der Waals surface area contributed by atoms with Crippen LogP contribution >= 0.6 is 0 Å². The zero-order chi connectivity index (χ0) is 14.4. The first kappa shape index (κ1) is 15.4. The maximum Gasteiger partial charge on any atom is 0.247 e. The van der Waals surface area contributed by atoms with E-state index in [1.807, 2.05) is 0 Å². The molecule has 1 saturated heterocycles. The van der Waals surface area contributed by atoms with Gasteiger partial charge in [-0.1, -0.05) is 0 Å². The zero-order valence-electron chi connectivity index (χ0n) is 12.1. The SMILES string of the molecule is COCCOCCCCNC1CC(=O)N(C2CC2)C1=O. The molecule has 1 aliphatic carbocycles. The van der Waals surface area contributed by atoms with E-state index < -0.39 is 0 Å². The highest BCUT2D eigenvalue weighted by molar-refractivity contribution is 6.06. The summed E-state index contributed by atoms with van der Waals surface area (Å²) < 4.78 is 10.2. The highest BCUT2D eigenvalue weighted by Gasteiger charge is 2.45. The van der Waals surface area contributed by atoms with Crippen LogP contribution in [0.25, 0.3) is 0 Å². The molecule has 1 heterocycles. The van der Waals surface area contributed by atoms with E-state index in [1.165, 1.54) is 4.90 Å². The van der Waals surface area contributed by atoms with Gasteiger partial charge in [0.25, 0.3) is 0 Å². The number of rotatable bonds is 10. The molecule has 2 amide bonds. The van der Waals surface area contributed by atoms with E-state index in [0.717, 1.165) is 32.2 Å². The summed E-state index contributed by atoms with van der Waals surface area (Å²) in [6, 6.07) is -0.117. The molecule has 1 saturated carbocycles. The van der Waals surface area contributed by atoms with E-state index in [2.05, 4.69) is 5.32 Å². The Balaban J connectivity index is 1.54. The number of imide groups is 1. The molecule has 20 heavy (non-hydrogen) atoms. The minimum atomic E-state index is -0.308. The summed E-state index contributed by atoms with van der Waals surface area (Å²) in [5, 5.41) is 3.18. The van der Waals surface area contributed by atoms with Crippen LogP contribution in [-0.4, -0.2) is 62.3 Å². The summed E-state index contributed by atoms with van der Waals surface area (Å²) in [5.41, 5.74) is 0. The quantitative estimate of drug-likeness (QED) is 0.462. The van der Waals surface area contributed by atoms with Crippen molar-refractivity contribution in [3.8, 4) is 0 Å². The van der Waals surface area contributed by atoms with Gasteiger partial charge < -0.3 is 14.8 Å². The number of hydrogen-bond acceptors (Lipinski definition) is 5. The summed E-state index contributed by atoms with van der Waals surface area (Å²) in [6.45, 7) is 2.69. The molecule has 2 fully saturated rings. The van der Waals surface area contributed by atoms with Crippen molar-refractivity contribution in [2.75, 3.05) is 33.5 Å². The first-order valence-electron chi connectivity index (χ1n) is 7.40. The van der Waals surface area contributed by atoms with Gasteiger partial charge in [0.2, 0.25) is 11.8 Å². The minimum Gasteiger partial charge on any atom is -0.382 e. The highest BCUT2D eigenvalue weighted by atomic mass is 16.5. The first-order chi connectivity index (χ1) is 9.74. The molecule has 0 bridgehead atoms. The Morgan fingerprint density at radius 2 is 2.00 bits per heavy atom. The third kappa shape index (κ3) is 4.26. The molecule has 114 valence electrons. The van der Waals surface area contributed by atoms with Crippen molar-refractivity contribution >= 4 is 11.8 Å². The van der Waals surface area contributed by atoms with Crippen LogP contribution in [0.3, 0.4) is 0 Å². The van der Waals surface area contributed by atoms with E-state index in [9.17, 15) is 9.59 Å². The topological polar surface area (TPSA) is 67.9 Å². The van der Waals surface area contributed by atoms with Gasteiger partial charge in [0, 0.05) is 19.8 Å². The van der Waals surface area contributed by atoms with Gasteiger partial charge in [0.05, 0.1) is 25.7 Å². The van der Waals surface area contributed by atoms with E-state index in [0.29, 0.717) is 26.2 Å². The van der Waals surface area contributed by atoms with Crippen LogP contribution in [0.2, 0.25) is 0 Å². The smallest absolute Gasteiger partial charge is 0.247 e. The van der Waals surface area contributed by atoms with Gasteiger partial charge in [-0.15, -0.1) is 0 Å². The molecule has 1 aliphatic heterocycles. The van der Waals surface area contributed by atoms with Crippen LogP contribution in [-0.2, 0) is 19.1 Å². The van der Waals surface area contributed by atoms with Gasteiger partial charge in [0.15, 0.2) is 0 Å². The van der Waals surface area contributed by atoms with Crippen molar-refractivity contribution in [1.29, 1.82) is 0 Å². The molecule has 0 aromatic carbocycles. The number of likely N-dealkylation sites (tertiary alicyclic amines) is 1. The molecule has 0 spiro atoms. The van der Waals surface area contributed by atoms with E-state index in [4.69, 9.17) is 9.47 Å². The van der Waals surface area contributed by atoms with Crippen molar-refractivity contribution in [2.24, 2.45) is 0 Å². The van der Waals surface area contributed by atoms with Gasteiger partial charge in [-0.05, 0) is 32.2 Å². The van der Waals surface area contributed by atoms with Gasteiger partial charge in [-0.2, -0.15) is 0 Å². The second kappa shape index (κ2) is 7.71. The lowest BCUT2D eigenvalue weighted by Crippen LogP contribution is -2.40. The predicted molar refractivity (Wildman–Crippen MR) is 73.2 cm³/mol. The standard InChI is InChI=1S/C14H24N2O4/c1-19-8-9-20-7-3-2-6-15-12-10-13(17)16(14(12)18)11-4-5-11/h11-12,15H,2-10H2,1H3. The fourth-order valence-corrected chi connectivity index (χ4v) is 2.38. The number of amides is 2. The van der Waals surface area contributed by atoms with Crippen LogP contribution in [0.4, 0.5) is 0 Å². The Morgan fingerprint density at radius 1 is 1.20 bits per heavy atom. The van der Waals surface area contributed by atoms with E-state index >= 15 is 0 Å². The summed E-state index contributed by atoms with van der Waals surface area (Å²) in [4.78, 5) is 25.2. The molecule has 0 aromatic rings. The molecule has 0 radical (unpaired) electrons. The molecule has 1 unspecified atom stereocenters. The largest absolute Gasteiger partial charge is 0.382 e. The van der Waals surface area contributed by atoms with Gasteiger partial charge in [0.1, 0.15) is 0 Å². The average Bonchev–Trinajstić information content (AvgIpc) is 3.21. The Kier molecular flexibility index (Phi) is 5.94. The Hall–Kier alpha value is -0.980. The number of ether oxygens (including phenoxy) is 2. The van der Waals surface area contributed by atoms with Gasteiger partial charge >= 0.3 is 0 Å². The molecule has 1 atom stereocenters. The number of carbonyl (C=O) groups is 2. The highest BCUT2D eigenvalue weighted by Crippen LogP contribution is 2.31. The van der Waals surface area contributed by atoms with Crippen molar-refractivity contribution in [2.45, 2.75) is 44.2 Å². The number of hydrogen-bond donors (Lipinski definition) is 1. The third-order valence-electron chi connectivity index (χ3n) is 3.63. The van der Waals surface area contributed by atoms with Crippen LogP contribution in [0.1, 0.15) is 32.1 Å². The molecule has 6 heteroatoms. The zero-order valence-corrected chi connectivity index (χ0v) is 12.1. The monoisotopic (exact) mass is 284 g/mol. The normalized spacial score (nSPS) is 22.9. The number of unbranched alkanes of at least 4 members (excludes halogenated alkanes) is 1. The van der Waals surface area contributed by atoms with Crippen molar-refractivity contribution in [3.63, 3.8) is 0 Å². The molecular formula is C14H24N2O4. The van der Waals surface area contributed by atoms with Crippen LogP contribution in [0.15, 0.2) is 0 Å². The molecule has 6 nitrogen and oxygen atoms in total. The second-order valence-corrected chi connectivity index (χ2v) is 5.36. The molecular weight excluding hydrogens is 260 g/mol. The van der Waals surface area contributed by atoms with Crippen molar-refractivity contribution < 1.29 is 19.1 Å². The molecule has 2 aliphatic rings. The summed E-state index contributed by atoms with van der Waals surface area (Å²) in [6.07, 6.45) is 4.15. The third-order valence-corrected chi connectivity index (χ3v) is 3.63. The number of nitrogens with zero attached hydrogens (tertiary/aromatic N) is 1. The van der Waals surface area contributed by atoms with Crippen molar-refractivity contribution in [3.05, 3.63) is 0 Å². The maximum absolute atomic E-state index is 12.0. The maximum atomic E-state index is 12.0. The Morgan fingerprint density at radius 3 is 2.70 bits per heavy atom. The van der Waals surface area contributed by atoms with E-state index in [1.54, 1.807) is 7.11 Å². The average molecular weight is 284 g/mol. The lowest BCUT2D eigenvalue weighted by atomic mass is 10.2. The van der Waals surface area contributed by atoms with Crippen molar-refractivity contribution in [1.82, 2.24) is 10.2 Å². The van der Waals surface area contributed by atoms with Gasteiger partial charge in [-0.25, -0.2) is 0 Å².